The first-order valence-electron chi connectivity index (χ1n) is 8.36. The van der Waals surface area contributed by atoms with E-state index < -0.39 is 0 Å². The fourth-order valence-electron chi connectivity index (χ4n) is 3.72. The van der Waals surface area contributed by atoms with Gasteiger partial charge in [0.1, 0.15) is 0 Å². The average molecular weight is 321 g/mol. The molecule has 0 aliphatic heterocycles. The summed E-state index contributed by atoms with van der Waals surface area (Å²) in [4.78, 5) is 0. The monoisotopic (exact) mass is 321 g/mol. The van der Waals surface area contributed by atoms with Gasteiger partial charge in [-0.15, -0.1) is 0 Å². The lowest BCUT2D eigenvalue weighted by Crippen LogP contribution is -2.12. The number of hydrogen-bond donors (Lipinski definition) is 0. The summed E-state index contributed by atoms with van der Waals surface area (Å²) in [7, 11) is 0. The molecule has 118 valence electrons. The van der Waals surface area contributed by atoms with Crippen LogP contribution in [0.3, 0.4) is 0 Å². The summed E-state index contributed by atoms with van der Waals surface area (Å²) in [6, 6.07) is 30.1. The van der Waals surface area contributed by atoms with Gasteiger partial charge in [0.25, 0.3) is 0 Å². The van der Waals surface area contributed by atoms with E-state index in [0.29, 0.717) is 5.69 Å². The van der Waals surface area contributed by atoms with E-state index in [1.165, 1.54) is 0 Å². The Labute approximate surface area is 145 Å². The standard InChI is InChI=1S/C23H15NO/c25-24(22-15-7-9-16-8-1-2-10-17(16)22)23-20-13-5-3-11-18(20)19-12-4-6-14-21(19)23/h1-15H. The van der Waals surface area contributed by atoms with Gasteiger partial charge in [0.2, 0.25) is 11.4 Å². The van der Waals surface area contributed by atoms with Gasteiger partial charge < -0.3 is 5.21 Å². The van der Waals surface area contributed by atoms with Crippen LogP contribution in [0.1, 0.15) is 11.1 Å². The lowest BCUT2D eigenvalue weighted by molar-refractivity contribution is -0.357. The van der Waals surface area contributed by atoms with Crippen LogP contribution in [0.4, 0.5) is 5.69 Å². The number of fused-ring (bicyclic) bond motifs is 4. The number of nitrogens with zero attached hydrogens (tertiary/aromatic N) is 1. The summed E-state index contributed by atoms with van der Waals surface area (Å²) in [5.74, 6) is 0. The summed E-state index contributed by atoms with van der Waals surface area (Å²) >= 11 is 0. The van der Waals surface area contributed by atoms with Crippen molar-refractivity contribution in [1.29, 1.82) is 0 Å². The molecule has 1 aliphatic carbocycles. The van der Waals surface area contributed by atoms with Crippen molar-refractivity contribution in [1.82, 2.24) is 0 Å². The normalized spacial score (nSPS) is 12.1. The molecule has 25 heavy (non-hydrogen) atoms. The molecule has 0 bridgehead atoms. The zero-order chi connectivity index (χ0) is 16.8. The first-order valence-corrected chi connectivity index (χ1v) is 8.36. The molecule has 0 heterocycles. The Morgan fingerprint density at radius 2 is 1.04 bits per heavy atom. The van der Waals surface area contributed by atoms with Crippen molar-refractivity contribution in [2.45, 2.75) is 0 Å². The van der Waals surface area contributed by atoms with Crippen LogP contribution >= 0.6 is 0 Å². The molecular weight excluding hydrogens is 306 g/mol. The van der Waals surface area contributed by atoms with Crippen molar-refractivity contribution in [2.75, 3.05) is 0 Å². The van der Waals surface area contributed by atoms with E-state index in [2.05, 4.69) is 12.1 Å². The van der Waals surface area contributed by atoms with Crippen LogP contribution in [-0.2, 0) is 0 Å². The van der Waals surface area contributed by atoms with E-state index in [1.54, 1.807) is 0 Å². The Morgan fingerprint density at radius 3 is 1.72 bits per heavy atom. The number of hydrogen-bond acceptors (Lipinski definition) is 1. The fraction of sp³-hybridized carbons (Fsp3) is 0. The van der Waals surface area contributed by atoms with Crippen molar-refractivity contribution in [3.05, 3.63) is 107 Å². The molecule has 1 aliphatic rings. The Morgan fingerprint density at radius 1 is 0.520 bits per heavy atom. The van der Waals surface area contributed by atoms with Crippen molar-refractivity contribution in [3.63, 3.8) is 0 Å². The molecule has 0 radical (unpaired) electrons. The van der Waals surface area contributed by atoms with E-state index >= 15 is 0 Å². The number of rotatable bonds is 1. The molecule has 0 atom stereocenters. The van der Waals surface area contributed by atoms with E-state index in [9.17, 15) is 5.21 Å². The highest BCUT2D eigenvalue weighted by Gasteiger charge is 2.31. The lowest BCUT2D eigenvalue weighted by atomic mass is 10.1. The van der Waals surface area contributed by atoms with Gasteiger partial charge in [0.15, 0.2) is 0 Å². The molecule has 2 heteroatoms. The molecule has 0 N–H and O–H groups in total. The molecule has 0 amide bonds. The van der Waals surface area contributed by atoms with Crippen LogP contribution in [0.2, 0.25) is 0 Å². The zero-order valence-corrected chi connectivity index (χ0v) is 13.5. The van der Waals surface area contributed by atoms with Gasteiger partial charge in [0.05, 0.1) is 16.5 Å². The number of benzene rings is 4. The van der Waals surface area contributed by atoms with Gasteiger partial charge >= 0.3 is 0 Å². The van der Waals surface area contributed by atoms with Crippen molar-refractivity contribution < 1.29 is 4.74 Å². The molecule has 4 aromatic carbocycles. The third-order valence-electron chi connectivity index (χ3n) is 4.84. The van der Waals surface area contributed by atoms with Crippen molar-refractivity contribution >= 4 is 22.2 Å². The smallest absolute Gasteiger partial charge is 0.232 e. The molecule has 2 nitrogen and oxygen atoms in total. The Kier molecular flexibility index (Phi) is 2.98. The Hall–Kier alpha value is -3.39. The highest BCUT2D eigenvalue weighted by molar-refractivity contribution is 6.22. The second kappa shape index (κ2) is 5.32. The lowest BCUT2D eigenvalue weighted by Gasteiger charge is -2.10. The van der Waals surface area contributed by atoms with Gasteiger partial charge in [-0.1, -0.05) is 66.7 Å². The maximum absolute atomic E-state index is 13.5. The van der Waals surface area contributed by atoms with Crippen molar-refractivity contribution in [2.24, 2.45) is 0 Å². The first kappa shape index (κ1) is 14.0. The molecule has 0 fully saturated rings. The maximum Gasteiger partial charge on any atom is 0.232 e. The van der Waals surface area contributed by atoms with Crippen LogP contribution in [0.15, 0.2) is 91.0 Å². The molecule has 0 spiro atoms. The zero-order valence-electron chi connectivity index (χ0n) is 13.5. The van der Waals surface area contributed by atoms with Gasteiger partial charge in [-0.2, -0.15) is 4.74 Å². The van der Waals surface area contributed by atoms with Crippen LogP contribution < -0.4 is 0 Å². The Bertz CT molecular complexity index is 1100. The molecule has 4 aromatic rings. The summed E-state index contributed by atoms with van der Waals surface area (Å²) in [6.07, 6.45) is 0. The topological polar surface area (TPSA) is 26.1 Å². The highest BCUT2D eigenvalue weighted by atomic mass is 16.5. The molecule has 5 rings (SSSR count). The van der Waals surface area contributed by atoms with Gasteiger partial charge in [0, 0.05) is 6.07 Å². The van der Waals surface area contributed by atoms with Crippen LogP contribution in [0, 0.1) is 5.21 Å². The Balaban J connectivity index is 1.87. The van der Waals surface area contributed by atoms with Crippen molar-refractivity contribution in [3.8, 4) is 11.1 Å². The quantitative estimate of drug-likeness (QED) is 0.227. The van der Waals surface area contributed by atoms with Gasteiger partial charge in [-0.3, -0.25) is 0 Å². The van der Waals surface area contributed by atoms with Crippen LogP contribution in [0.5, 0.6) is 0 Å². The SMILES string of the molecule is [O-][N+](=C1c2ccccc2-c2ccccc21)c1cccc2ccccc12. The van der Waals surface area contributed by atoms with E-state index in [1.807, 2.05) is 78.9 Å². The van der Waals surface area contributed by atoms with E-state index in [-0.39, 0.29) is 0 Å². The summed E-state index contributed by atoms with van der Waals surface area (Å²) in [6.45, 7) is 0. The van der Waals surface area contributed by atoms with Gasteiger partial charge in [-0.05, 0) is 34.7 Å². The minimum Gasteiger partial charge on any atom is -0.618 e. The van der Waals surface area contributed by atoms with Crippen LogP contribution in [0.25, 0.3) is 21.9 Å². The largest absolute Gasteiger partial charge is 0.618 e. The summed E-state index contributed by atoms with van der Waals surface area (Å²) in [5, 5.41) is 15.5. The third kappa shape index (κ3) is 2.01. The molecular formula is C23H15NO. The summed E-state index contributed by atoms with van der Waals surface area (Å²) < 4.78 is 1.09. The first-order chi connectivity index (χ1) is 12.3. The van der Waals surface area contributed by atoms with Crippen LogP contribution in [-0.4, -0.2) is 10.5 Å². The maximum atomic E-state index is 13.5. The van der Waals surface area contributed by atoms with E-state index in [0.717, 1.165) is 43.5 Å². The molecule has 0 aromatic heterocycles. The second-order valence-electron chi connectivity index (χ2n) is 6.23. The molecule has 0 unspecified atom stereocenters. The predicted molar refractivity (Wildman–Crippen MR) is 102 cm³/mol. The average Bonchev–Trinajstić information content (AvgIpc) is 3.01. The second-order valence-corrected chi connectivity index (χ2v) is 6.23. The minimum absolute atomic E-state index is 0.680. The highest BCUT2D eigenvalue weighted by Crippen LogP contribution is 2.38. The summed E-state index contributed by atoms with van der Waals surface area (Å²) in [5.41, 5.74) is 5.63. The third-order valence-corrected chi connectivity index (χ3v) is 4.84. The molecule has 0 saturated carbocycles. The molecule has 0 saturated heterocycles. The minimum atomic E-state index is 0.680. The van der Waals surface area contributed by atoms with E-state index in [4.69, 9.17) is 0 Å². The van der Waals surface area contributed by atoms with Gasteiger partial charge in [-0.25, -0.2) is 0 Å². The fourth-order valence-corrected chi connectivity index (χ4v) is 3.72. The predicted octanol–water partition coefficient (Wildman–Crippen LogP) is 5.50.